The highest BCUT2D eigenvalue weighted by Crippen LogP contribution is 2.29. The Bertz CT molecular complexity index is 1180. The molecule has 4 atom stereocenters. The SMILES string of the molecule is CC(C)CC(NC(=O)c1ccc(-c2csc(N3CCN(C)CC3)n2)cc1)C(=O)N1C[C@@H](N)[C@H]2OCC(=O)[C@H]21. The molecule has 10 nitrogen and oxygen atoms in total. The zero-order chi connectivity index (χ0) is 27.0. The summed E-state index contributed by atoms with van der Waals surface area (Å²) in [7, 11) is 2.13. The predicted molar refractivity (Wildman–Crippen MR) is 146 cm³/mol. The van der Waals surface area contributed by atoms with Gasteiger partial charge in [-0.2, -0.15) is 0 Å². The van der Waals surface area contributed by atoms with E-state index in [-0.39, 0.29) is 36.7 Å². The van der Waals surface area contributed by atoms with Gasteiger partial charge in [0.05, 0.1) is 11.7 Å². The van der Waals surface area contributed by atoms with Crippen molar-refractivity contribution < 1.29 is 19.1 Å². The molecule has 0 saturated carbocycles. The van der Waals surface area contributed by atoms with E-state index in [0.29, 0.717) is 12.0 Å². The third kappa shape index (κ3) is 5.47. The van der Waals surface area contributed by atoms with Gasteiger partial charge in [-0.1, -0.05) is 26.0 Å². The number of hydrogen-bond acceptors (Lipinski definition) is 9. The molecule has 0 aliphatic carbocycles. The van der Waals surface area contributed by atoms with E-state index in [0.717, 1.165) is 42.6 Å². The number of likely N-dealkylation sites (tertiary alicyclic amines) is 1. The number of anilines is 1. The zero-order valence-electron chi connectivity index (χ0n) is 22.1. The van der Waals surface area contributed by atoms with Crippen molar-refractivity contribution in [1.82, 2.24) is 20.1 Å². The van der Waals surface area contributed by atoms with Gasteiger partial charge < -0.3 is 30.5 Å². The van der Waals surface area contributed by atoms with Crippen LogP contribution in [0.5, 0.6) is 0 Å². The third-order valence-corrected chi connectivity index (χ3v) is 8.43. The summed E-state index contributed by atoms with van der Waals surface area (Å²) in [6, 6.07) is 5.44. The molecule has 11 heteroatoms. The van der Waals surface area contributed by atoms with E-state index in [1.807, 2.05) is 31.4 Å². The fraction of sp³-hybridized carbons (Fsp3) is 0.556. The normalized spacial score (nSPS) is 24.7. The maximum Gasteiger partial charge on any atom is 0.251 e. The largest absolute Gasteiger partial charge is 0.366 e. The van der Waals surface area contributed by atoms with E-state index in [1.165, 1.54) is 4.90 Å². The van der Waals surface area contributed by atoms with Gasteiger partial charge in [-0.15, -0.1) is 11.3 Å². The Balaban J connectivity index is 1.26. The Labute approximate surface area is 227 Å². The second-order valence-corrected chi connectivity index (χ2v) is 11.7. The van der Waals surface area contributed by atoms with Crippen molar-refractivity contribution >= 4 is 34.1 Å². The number of carbonyl (C=O) groups excluding carboxylic acids is 3. The minimum absolute atomic E-state index is 0.0315. The minimum Gasteiger partial charge on any atom is -0.366 e. The van der Waals surface area contributed by atoms with Crippen molar-refractivity contribution in [2.45, 2.75) is 44.5 Å². The molecular formula is C27H36N6O4S. The number of carbonyl (C=O) groups is 3. The number of benzene rings is 1. The number of nitrogens with two attached hydrogens (primary N) is 1. The highest BCUT2D eigenvalue weighted by Gasteiger charge is 2.52. The molecule has 0 bridgehead atoms. The Hall–Kier alpha value is -2.86. The van der Waals surface area contributed by atoms with Gasteiger partial charge in [-0.25, -0.2) is 4.98 Å². The van der Waals surface area contributed by atoms with Crippen molar-refractivity contribution in [3.63, 3.8) is 0 Å². The summed E-state index contributed by atoms with van der Waals surface area (Å²) in [5, 5.41) is 5.97. The monoisotopic (exact) mass is 540 g/mol. The standard InChI is InChI=1S/C27H36N6O4S/c1-16(2)12-20(26(36)33-13-19(28)24-23(33)22(34)14-37-24)29-25(35)18-6-4-17(5-7-18)21-15-38-27(30-21)32-10-8-31(3)9-11-32/h4-7,15-16,19-20,23-24H,8-14,28H2,1-3H3,(H,29,35)/t19-,20?,23-,24-/m1/s1. The van der Waals surface area contributed by atoms with Crippen LogP contribution in [-0.2, 0) is 14.3 Å². The molecule has 3 fully saturated rings. The van der Waals surface area contributed by atoms with Gasteiger partial charge >= 0.3 is 0 Å². The number of nitrogens with zero attached hydrogens (tertiary/aromatic N) is 4. The lowest BCUT2D eigenvalue weighted by Gasteiger charge is -2.32. The molecule has 3 N–H and O–H groups in total. The van der Waals surface area contributed by atoms with Crippen LogP contribution in [0.1, 0.15) is 30.6 Å². The van der Waals surface area contributed by atoms with Crippen LogP contribution in [0.25, 0.3) is 11.3 Å². The molecule has 0 spiro atoms. The second-order valence-electron chi connectivity index (χ2n) is 10.9. The summed E-state index contributed by atoms with van der Waals surface area (Å²) < 4.78 is 5.52. The maximum atomic E-state index is 13.5. The van der Waals surface area contributed by atoms with Crippen LogP contribution in [0.15, 0.2) is 29.6 Å². The van der Waals surface area contributed by atoms with Crippen molar-refractivity contribution in [1.29, 1.82) is 0 Å². The van der Waals surface area contributed by atoms with Gasteiger partial charge in [-0.3, -0.25) is 14.4 Å². The molecule has 5 rings (SSSR count). The number of fused-ring (bicyclic) bond motifs is 1. The number of aromatic nitrogens is 1. The third-order valence-electron chi connectivity index (χ3n) is 7.53. The van der Waals surface area contributed by atoms with Crippen molar-refractivity contribution in [2.24, 2.45) is 11.7 Å². The summed E-state index contributed by atoms with van der Waals surface area (Å²) in [6.45, 7) is 8.17. The first-order chi connectivity index (χ1) is 18.2. The van der Waals surface area contributed by atoms with Crippen LogP contribution in [0.3, 0.4) is 0 Å². The Kier molecular flexibility index (Phi) is 7.80. The molecule has 1 aromatic heterocycles. The Morgan fingerprint density at radius 2 is 1.89 bits per heavy atom. The van der Waals surface area contributed by atoms with Crippen LogP contribution < -0.4 is 16.0 Å². The quantitative estimate of drug-likeness (QED) is 0.538. The van der Waals surface area contributed by atoms with E-state index < -0.39 is 24.2 Å². The Morgan fingerprint density at radius 1 is 1.18 bits per heavy atom. The van der Waals surface area contributed by atoms with Gasteiger partial charge in [0, 0.05) is 49.2 Å². The molecule has 3 aliphatic heterocycles. The number of rotatable bonds is 7. The summed E-state index contributed by atoms with van der Waals surface area (Å²) in [5.41, 5.74) is 8.42. The molecule has 1 unspecified atom stereocenters. The molecule has 204 valence electrons. The van der Waals surface area contributed by atoms with Gasteiger partial charge in [0.25, 0.3) is 5.91 Å². The lowest BCUT2D eigenvalue weighted by atomic mass is 10.0. The molecule has 3 saturated heterocycles. The van der Waals surface area contributed by atoms with Crippen LogP contribution in [0.2, 0.25) is 0 Å². The number of likely N-dealkylation sites (N-methyl/N-ethyl adjacent to an activating group) is 1. The summed E-state index contributed by atoms with van der Waals surface area (Å²) in [4.78, 5) is 50.0. The van der Waals surface area contributed by atoms with E-state index in [1.54, 1.807) is 23.5 Å². The minimum atomic E-state index is -0.758. The molecule has 0 radical (unpaired) electrons. The lowest BCUT2D eigenvalue weighted by Crippen LogP contribution is -2.52. The number of thiazole rings is 1. The van der Waals surface area contributed by atoms with Gasteiger partial charge in [0.2, 0.25) is 5.91 Å². The van der Waals surface area contributed by atoms with Gasteiger partial charge in [0.1, 0.15) is 24.8 Å². The lowest BCUT2D eigenvalue weighted by molar-refractivity contribution is -0.138. The van der Waals surface area contributed by atoms with Crippen molar-refractivity contribution in [3.05, 3.63) is 35.2 Å². The van der Waals surface area contributed by atoms with E-state index in [9.17, 15) is 14.4 Å². The first-order valence-corrected chi connectivity index (χ1v) is 14.1. The van der Waals surface area contributed by atoms with Crippen molar-refractivity contribution in [3.8, 4) is 11.3 Å². The molecular weight excluding hydrogens is 504 g/mol. The summed E-state index contributed by atoms with van der Waals surface area (Å²) in [6.07, 6.45) is -0.0220. The smallest absolute Gasteiger partial charge is 0.251 e. The summed E-state index contributed by atoms with van der Waals surface area (Å²) >= 11 is 1.63. The van der Waals surface area contributed by atoms with Crippen LogP contribution in [-0.4, -0.2) is 103 Å². The van der Waals surface area contributed by atoms with Crippen LogP contribution >= 0.6 is 11.3 Å². The topological polar surface area (TPSA) is 121 Å². The number of piperazine rings is 1. The molecule has 3 aliphatic rings. The first kappa shape index (κ1) is 26.7. The number of nitrogens with one attached hydrogen (secondary N) is 1. The molecule has 2 aromatic rings. The van der Waals surface area contributed by atoms with E-state index in [2.05, 4.69) is 22.2 Å². The zero-order valence-corrected chi connectivity index (χ0v) is 22.9. The highest BCUT2D eigenvalue weighted by atomic mass is 32.1. The van der Waals surface area contributed by atoms with E-state index in [4.69, 9.17) is 15.5 Å². The fourth-order valence-electron chi connectivity index (χ4n) is 5.39. The number of hydrogen-bond donors (Lipinski definition) is 2. The van der Waals surface area contributed by atoms with Gasteiger partial charge in [-0.05, 0) is 31.5 Å². The molecule has 2 amide bonds. The van der Waals surface area contributed by atoms with Crippen molar-refractivity contribution in [2.75, 3.05) is 51.3 Å². The fourth-order valence-corrected chi connectivity index (χ4v) is 6.27. The number of amides is 2. The van der Waals surface area contributed by atoms with E-state index >= 15 is 0 Å². The van der Waals surface area contributed by atoms with Crippen LogP contribution in [0.4, 0.5) is 5.13 Å². The maximum absolute atomic E-state index is 13.5. The number of Topliss-reactive ketones (excluding diaryl/α,β-unsaturated/α-hetero) is 1. The Morgan fingerprint density at radius 3 is 2.58 bits per heavy atom. The average Bonchev–Trinajstić information content (AvgIpc) is 3.62. The van der Waals surface area contributed by atoms with Gasteiger partial charge in [0.15, 0.2) is 10.9 Å². The predicted octanol–water partition coefficient (Wildman–Crippen LogP) is 1.21. The van der Waals surface area contributed by atoms with Crippen LogP contribution in [0, 0.1) is 5.92 Å². The molecule has 38 heavy (non-hydrogen) atoms. The number of ether oxygens (including phenoxy) is 1. The highest BCUT2D eigenvalue weighted by molar-refractivity contribution is 7.14. The average molecular weight is 541 g/mol. The summed E-state index contributed by atoms with van der Waals surface area (Å²) in [5.74, 6) is -0.599. The first-order valence-electron chi connectivity index (χ1n) is 13.2. The molecule has 4 heterocycles. The number of ketones is 1. The second kappa shape index (κ2) is 11.1. The molecule has 1 aromatic carbocycles.